The first kappa shape index (κ1) is 20.1. The molecule has 0 N–H and O–H groups in total. The first-order valence-electron chi connectivity index (χ1n) is 10.1. The first-order chi connectivity index (χ1) is 13.6. The third-order valence-corrected chi connectivity index (χ3v) is 5.53. The van der Waals surface area contributed by atoms with Crippen molar-refractivity contribution in [1.82, 2.24) is 9.80 Å². The highest BCUT2D eigenvalue weighted by atomic mass is 16.2. The lowest BCUT2D eigenvalue weighted by Gasteiger charge is -2.38. The van der Waals surface area contributed by atoms with E-state index in [0.29, 0.717) is 19.0 Å². The van der Waals surface area contributed by atoms with Gasteiger partial charge in [-0.3, -0.25) is 9.69 Å². The van der Waals surface area contributed by atoms with Gasteiger partial charge < -0.3 is 4.90 Å². The molecule has 1 aliphatic heterocycles. The van der Waals surface area contributed by atoms with Crippen LogP contribution >= 0.6 is 0 Å². The Morgan fingerprint density at radius 3 is 2.25 bits per heavy atom. The SMILES string of the molecule is CC(C)C(C#N)N1CCN(C(=O)c2ccccc2CCc2ccccc2)CC1. The molecule has 146 valence electrons. The van der Waals surface area contributed by atoms with Crippen molar-refractivity contribution in [3.8, 4) is 6.07 Å². The number of aryl methyl sites for hydroxylation is 2. The molecule has 2 aromatic carbocycles. The zero-order chi connectivity index (χ0) is 19.9. The second-order valence-electron chi connectivity index (χ2n) is 7.79. The Bertz CT molecular complexity index is 817. The number of amides is 1. The summed E-state index contributed by atoms with van der Waals surface area (Å²) in [5.41, 5.74) is 3.21. The largest absolute Gasteiger partial charge is 0.336 e. The molecule has 0 aliphatic carbocycles. The second-order valence-corrected chi connectivity index (χ2v) is 7.79. The number of rotatable bonds is 6. The Kier molecular flexibility index (Phi) is 6.84. The molecule has 3 rings (SSSR count). The topological polar surface area (TPSA) is 47.3 Å². The van der Waals surface area contributed by atoms with Crippen molar-refractivity contribution in [1.29, 1.82) is 5.26 Å². The number of carbonyl (C=O) groups is 1. The molecule has 0 saturated carbocycles. The molecule has 0 spiro atoms. The normalized spacial score (nSPS) is 16.0. The van der Waals surface area contributed by atoms with Gasteiger partial charge in [0.05, 0.1) is 6.07 Å². The molecule has 1 atom stereocenters. The van der Waals surface area contributed by atoms with E-state index >= 15 is 0 Å². The number of nitrogens with zero attached hydrogens (tertiary/aromatic N) is 3. The maximum atomic E-state index is 13.2. The molecule has 1 unspecified atom stereocenters. The number of hydrogen-bond donors (Lipinski definition) is 0. The fourth-order valence-corrected chi connectivity index (χ4v) is 3.90. The van der Waals surface area contributed by atoms with Gasteiger partial charge in [0.25, 0.3) is 5.91 Å². The molecule has 0 aromatic heterocycles. The average molecular weight is 376 g/mol. The maximum Gasteiger partial charge on any atom is 0.254 e. The summed E-state index contributed by atoms with van der Waals surface area (Å²) in [4.78, 5) is 17.3. The molecule has 4 heteroatoms. The van der Waals surface area contributed by atoms with Crippen LogP contribution in [0.5, 0.6) is 0 Å². The Labute approximate surface area is 168 Å². The van der Waals surface area contributed by atoms with Crippen LogP contribution in [0.1, 0.15) is 35.3 Å². The summed E-state index contributed by atoms with van der Waals surface area (Å²) in [6.45, 7) is 7.03. The number of piperazine rings is 1. The monoisotopic (exact) mass is 375 g/mol. The number of carbonyl (C=O) groups excluding carboxylic acids is 1. The van der Waals surface area contributed by atoms with Gasteiger partial charge in [0.2, 0.25) is 0 Å². The molecule has 1 fully saturated rings. The van der Waals surface area contributed by atoms with Crippen LogP contribution in [0.4, 0.5) is 0 Å². The zero-order valence-corrected chi connectivity index (χ0v) is 16.8. The third kappa shape index (κ3) is 4.79. The molecule has 28 heavy (non-hydrogen) atoms. The van der Waals surface area contributed by atoms with Crippen molar-refractivity contribution >= 4 is 5.91 Å². The van der Waals surface area contributed by atoms with E-state index in [-0.39, 0.29) is 11.9 Å². The molecule has 2 aromatic rings. The molecule has 1 aliphatic rings. The van der Waals surface area contributed by atoms with E-state index < -0.39 is 0 Å². The minimum Gasteiger partial charge on any atom is -0.336 e. The lowest BCUT2D eigenvalue weighted by molar-refractivity contribution is 0.0575. The number of hydrogen-bond acceptors (Lipinski definition) is 3. The smallest absolute Gasteiger partial charge is 0.254 e. The summed E-state index contributed by atoms with van der Waals surface area (Å²) in [7, 11) is 0. The van der Waals surface area contributed by atoms with Gasteiger partial charge in [-0.1, -0.05) is 62.4 Å². The summed E-state index contributed by atoms with van der Waals surface area (Å²) in [6, 6.07) is 20.7. The van der Waals surface area contributed by atoms with Crippen LogP contribution in [-0.2, 0) is 12.8 Å². The van der Waals surface area contributed by atoms with Crippen LogP contribution in [0.3, 0.4) is 0 Å². The van der Waals surface area contributed by atoms with Crippen LogP contribution in [0.25, 0.3) is 0 Å². The molecule has 0 radical (unpaired) electrons. The van der Waals surface area contributed by atoms with Crippen molar-refractivity contribution in [3.05, 3.63) is 71.3 Å². The summed E-state index contributed by atoms with van der Waals surface area (Å²) < 4.78 is 0. The molecule has 4 nitrogen and oxygen atoms in total. The van der Waals surface area contributed by atoms with Gasteiger partial charge in [0.1, 0.15) is 6.04 Å². The molecule has 1 saturated heterocycles. The van der Waals surface area contributed by atoms with Crippen LogP contribution in [0, 0.1) is 17.2 Å². The van der Waals surface area contributed by atoms with Gasteiger partial charge in [0.15, 0.2) is 0 Å². The van der Waals surface area contributed by atoms with Crippen molar-refractivity contribution in [2.45, 2.75) is 32.7 Å². The van der Waals surface area contributed by atoms with E-state index in [4.69, 9.17) is 0 Å². The highest BCUT2D eigenvalue weighted by Crippen LogP contribution is 2.18. The van der Waals surface area contributed by atoms with E-state index in [1.54, 1.807) is 0 Å². The van der Waals surface area contributed by atoms with E-state index in [1.807, 2.05) is 29.2 Å². The van der Waals surface area contributed by atoms with Crippen LogP contribution in [-0.4, -0.2) is 47.9 Å². The Morgan fingerprint density at radius 2 is 1.61 bits per heavy atom. The van der Waals surface area contributed by atoms with E-state index in [9.17, 15) is 10.1 Å². The standard InChI is InChI=1S/C24H29N3O/c1-19(2)23(18-25)26-14-16-27(17-15-26)24(28)22-11-7-6-10-21(22)13-12-20-8-4-3-5-9-20/h3-11,19,23H,12-17H2,1-2H3. The Hall–Kier alpha value is -2.64. The highest BCUT2D eigenvalue weighted by Gasteiger charge is 2.28. The van der Waals surface area contributed by atoms with Crippen molar-refractivity contribution in [2.75, 3.05) is 26.2 Å². The van der Waals surface area contributed by atoms with Gasteiger partial charge in [-0.15, -0.1) is 0 Å². The quantitative estimate of drug-likeness (QED) is 0.772. The maximum absolute atomic E-state index is 13.2. The minimum absolute atomic E-state index is 0.0737. The summed E-state index contributed by atoms with van der Waals surface area (Å²) in [6.07, 6.45) is 1.78. The lowest BCUT2D eigenvalue weighted by atomic mass is 9.98. The van der Waals surface area contributed by atoms with E-state index in [0.717, 1.165) is 37.1 Å². The zero-order valence-electron chi connectivity index (χ0n) is 16.8. The fourth-order valence-electron chi connectivity index (χ4n) is 3.90. The highest BCUT2D eigenvalue weighted by molar-refractivity contribution is 5.95. The van der Waals surface area contributed by atoms with Gasteiger partial charge in [-0.2, -0.15) is 5.26 Å². The fraction of sp³-hybridized carbons (Fsp3) is 0.417. The van der Waals surface area contributed by atoms with Crippen LogP contribution in [0.15, 0.2) is 54.6 Å². The first-order valence-corrected chi connectivity index (χ1v) is 10.1. The van der Waals surface area contributed by atoms with Gasteiger partial charge in [-0.05, 0) is 36.0 Å². The Morgan fingerprint density at radius 1 is 0.964 bits per heavy atom. The molecular formula is C24H29N3O. The summed E-state index contributed by atoms with van der Waals surface area (Å²) in [5, 5.41) is 9.42. The predicted molar refractivity (Wildman–Crippen MR) is 112 cm³/mol. The third-order valence-electron chi connectivity index (χ3n) is 5.53. The van der Waals surface area contributed by atoms with E-state index in [2.05, 4.69) is 55.1 Å². The number of benzene rings is 2. The molecule has 1 heterocycles. The summed E-state index contributed by atoms with van der Waals surface area (Å²) >= 11 is 0. The van der Waals surface area contributed by atoms with Gasteiger partial charge in [-0.25, -0.2) is 0 Å². The summed E-state index contributed by atoms with van der Waals surface area (Å²) in [5.74, 6) is 0.410. The van der Waals surface area contributed by atoms with E-state index in [1.165, 1.54) is 5.56 Å². The lowest BCUT2D eigenvalue weighted by Crippen LogP contribution is -2.52. The van der Waals surface area contributed by atoms with Crippen molar-refractivity contribution in [3.63, 3.8) is 0 Å². The predicted octanol–water partition coefficient (Wildman–Crippen LogP) is 3.78. The minimum atomic E-state index is -0.0737. The van der Waals surface area contributed by atoms with Gasteiger partial charge >= 0.3 is 0 Å². The Balaban J connectivity index is 1.64. The van der Waals surface area contributed by atoms with Crippen molar-refractivity contribution < 1.29 is 4.79 Å². The molecular weight excluding hydrogens is 346 g/mol. The molecule has 1 amide bonds. The van der Waals surface area contributed by atoms with Crippen molar-refractivity contribution in [2.24, 2.45) is 5.92 Å². The molecule has 0 bridgehead atoms. The van der Waals surface area contributed by atoms with Crippen LogP contribution in [0.2, 0.25) is 0 Å². The second kappa shape index (κ2) is 9.52. The average Bonchev–Trinajstić information content (AvgIpc) is 2.73. The number of nitriles is 1. The van der Waals surface area contributed by atoms with Crippen LogP contribution < -0.4 is 0 Å². The van der Waals surface area contributed by atoms with Gasteiger partial charge in [0, 0.05) is 31.7 Å².